The van der Waals surface area contributed by atoms with Gasteiger partial charge in [0.25, 0.3) is 0 Å². The molecule has 5 nitrogen and oxygen atoms in total. The van der Waals surface area contributed by atoms with Gasteiger partial charge in [0.1, 0.15) is 0 Å². The van der Waals surface area contributed by atoms with Gasteiger partial charge in [-0.2, -0.15) is 0 Å². The first-order valence-corrected chi connectivity index (χ1v) is 6.72. The number of likely N-dealkylation sites (N-methyl/N-ethyl adjacent to an activating group) is 1. The molecule has 0 spiro atoms. The van der Waals surface area contributed by atoms with Gasteiger partial charge in [-0.15, -0.1) is 0 Å². The van der Waals surface area contributed by atoms with Crippen molar-refractivity contribution in [1.29, 1.82) is 0 Å². The first-order chi connectivity index (χ1) is 9.22. The SMILES string of the molecule is CCNCCNCCc1ccc2c(c1)oc(=O)n2C. The summed E-state index contributed by atoms with van der Waals surface area (Å²) in [6.07, 6.45) is 0.931. The quantitative estimate of drug-likeness (QED) is 0.728. The third-order valence-electron chi connectivity index (χ3n) is 3.18. The van der Waals surface area contributed by atoms with E-state index in [1.54, 1.807) is 7.05 Å². The molecule has 104 valence electrons. The lowest BCUT2D eigenvalue weighted by Gasteiger charge is -2.05. The Morgan fingerprint density at radius 1 is 1.21 bits per heavy atom. The van der Waals surface area contributed by atoms with Gasteiger partial charge >= 0.3 is 5.76 Å². The number of rotatable bonds is 7. The Labute approximate surface area is 112 Å². The smallest absolute Gasteiger partial charge is 0.408 e. The van der Waals surface area contributed by atoms with Crippen LogP contribution in [0.25, 0.3) is 11.1 Å². The highest BCUT2D eigenvalue weighted by Gasteiger charge is 2.05. The molecule has 1 aromatic heterocycles. The van der Waals surface area contributed by atoms with E-state index in [9.17, 15) is 4.79 Å². The van der Waals surface area contributed by atoms with E-state index in [-0.39, 0.29) is 5.76 Å². The van der Waals surface area contributed by atoms with E-state index >= 15 is 0 Å². The van der Waals surface area contributed by atoms with Gasteiger partial charge in [-0.05, 0) is 37.2 Å². The highest BCUT2D eigenvalue weighted by molar-refractivity contribution is 5.73. The highest BCUT2D eigenvalue weighted by Crippen LogP contribution is 2.14. The highest BCUT2D eigenvalue weighted by atomic mass is 16.4. The van der Waals surface area contributed by atoms with Crippen LogP contribution in [-0.2, 0) is 13.5 Å². The lowest BCUT2D eigenvalue weighted by molar-refractivity contribution is 0.527. The van der Waals surface area contributed by atoms with Gasteiger partial charge in [-0.3, -0.25) is 4.57 Å². The summed E-state index contributed by atoms with van der Waals surface area (Å²) in [6, 6.07) is 5.93. The summed E-state index contributed by atoms with van der Waals surface area (Å²) in [5, 5.41) is 6.64. The predicted molar refractivity (Wildman–Crippen MR) is 76.6 cm³/mol. The van der Waals surface area contributed by atoms with Crippen LogP contribution in [0, 0.1) is 0 Å². The van der Waals surface area contributed by atoms with Gasteiger partial charge in [0.2, 0.25) is 0 Å². The second kappa shape index (κ2) is 6.54. The molecular formula is C14H21N3O2. The topological polar surface area (TPSA) is 59.2 Å². The molecule has 0 aliphatic heterocycles. The minimum Gasteiger partial charge on any atom is -0.408 e. The molecule has 5 heteroatoms. The van der Waals surface area contributed by atoms with Crippen LogP contribution in [0.1, 0.15) is 12.5 Å². The summed E-state index contributed by atoms with van der Waals surface area (Å²) in [5.41, 5.74) is 2.68. The zero-order valence-electron chi connectivity index (χ0n) is 11.5. The fourth-order valence-electron chi connectivity index (χ4n) is 2.05. The zero-order valence-corrected chi connectivity index (χ0v) is 11.5. The number of nitrogens with one attached hydrogen (secondary N) is 2. The largest absolute Gasteiger partial charge is 0.419 e. The van der Waals surface area contributed by atoms with Crippen LogP contribution in [0.4, 0.5) is 0 Å². The third kappa shape index (κ3) is 3.45. The molecule has 2 N–H and O–H groups in total. The number of hydrogen-bond acceptors (Lipinski definition) is 4. The van der Waals surface area contributed by atoms with Crippen molar-refractivity contribution in [3.05, 3.63) is 34.3 Å². The minimum absolute atomic E-state index is 0.309. The number of aryl methyl sites for hydroxylation is 1. The molecule has 0 bridgehead atoms. The first-order valence-electron chi connectivity index (χ1n) is 6.72. The zero-order chi connectivity index (χ0) is 13.7. The molecule has 0 saturated heterocycles. The number of aromatic nitrogens is 1. The van der Waals surface area contributed by atoms with E-state index < -0.39 is 0 Å². The van der Waals surface area contributed by atoms with E-state index in [4.69, 9.17) is 4.42 Å². The summed E-state index contributed by atoms with van der Waals surface area (Å²) in [7, 11) is 1.72. The molecule has 1 heterocycles. The van der Waals surface area contributed by atoms with Gasteiger partial charge in [0.05, 0.1) is 5.52 Å². The Bertz CT molecular complexity index is 586. The van der Waals surface area contributed by atoms with E-state index in [2.05, 4.69) is 17.6 Å². The maximum absolute atomic E-state index is 11.4. The van der Waals surface area contributed by atoms with E-state index in [0.29, 0.717) is 5.58 Å². The summed E-state index contributed by atoms with van der Waals surface area (Å²) in [4.78, 5) is 11.4. The van der Waals surface area contributed by atoms with Gasteiger partial charge in [0, 0.05) is 20.1 Å². The van der Waals surface area contributed by atoms with Crippen molar-refractivity contribution < 1.29 is 4.42 Å². The Kier molecular flexibility index (Phi) is 4.76. The van der Waals surface area contributed by atoms with Gasteiger partial charge in [-0.1, -0.05) is 13.0 Å². The maximum Gasteiger partial charge on any atom is 0.419 e. The molecule has 0 radical (unpaired) electrons. The summed E-state index contributed by atoms with van der Waals surface area (Å²) in [6.45, 7) is 5.99. The maximum atomic E-state index is 11.4. The van der Waals surface area contributed by atoms with Crippen molar-refractivity contribution in [2.45, 2.75) is 13.3 Å². The van der Waals surface area contributed by atoms with Crippen LogP contribution in [0.15, 0.2) is 27.4 Å². The first kappa shape index (κ1) is 13.8. The molecule has 2 aromatic rings. The van der Waals surface area contributed by atoms with Crippen molar-refractivity contribution in [2.24, 2.45) is 7.05 Å². The summed E-state index contributed by atoms with van der Waals surface area (Å²) < 4.78 is 6.70. The molecule has 0 unspecified atom stereocenters. The molecule has 19 heavy (non-hydrogen) atoms. The Balaban J connectivity index is 1.89. The molecule has 0 amide bonds. The molecular weight excluding hydrogens is 242 g/mol. The van der Waals surface area contributed by atoms with E-state index in [1.165, 1.54) is 10.1 Å². The average Bonchev–Trinajstić information content (AvgIpc) is 2.69. The third-order valence-corrected chi connectivity index (χ3v) is 3.18. The Morgan fingerprint density at radius 2 is 2.00 bits per heavy atom. The summed E-state index contributed by atoms with van der Waals surface area (Å²) >= 11 is 0. The Hall–Kier alpha value is -1.59. The molecule has 0 saturated carbocycles. The molecule has 0 aliphatic rings. The molecule has 2 rings (SSSR count). The number of fused-ring (bicyclic) bond motifs is 1. The Morgan fingerprint density at radius 3 is 2.79 bits per heavy atom. The number of hydrogen-bond donors (Lipinski definition) is 2. The average molecular weight is 263 g/mol. The second-order valence-electron chi connectivity index (χ2n) is 4.58. The predicted octanol–water partition coefficient (Wildman–Crippen LogP) is 0.873. The van der Waals surface area contributed by atoms with Crippen LogP contribution in [-0.4, -0.2) is 30.7 Å². The second-order valence-corrected chi connectivity index (χ2v) is 4.58. The lowest BCUT2D eigenvalue weighted by Crippen LogP contribution is -2.28. The molecule has 0 atom stereocenters. The molecule has 0 aliphatic carbocycles. The fourth-order valence-corrected chi connectivity index (χ4v) is 2.05. The van der Waals surface area contributed by atoms with Crippen molar-refractivity contribution in [3.8, 4) is 0 Å². The van der Waals surface area contributed by atoms with Crippen molar-refractivity contribution in [2.75, 3.05) is 26.2 Å². The summed E-state index contributed by atoms with van der Waals surface area (Å²) in [5.74, 6) is -0.309. The van der Waals surface area contributed by atoms with Gasteiger partial charge < -0.3 is 15.1 Å². The molecule has 0 fully saturated rings. The number of oxazole rings is 1. The van der Waals surface area contributed by atoms with Crippen LogP contribution in [0.3, 0.4) is 0 Å². The standard InChI is InChI=1S/C14H21N3O2/c1-3-15-8-9-16-7-6-11-4-5-12-13(10-11)19-14(18)17(12)2/h4-5,10,15-16H,3,6-9H2,1-2H3. The lowest BCUT2D eigenvalue weighted by atomic mass is 10.1. The van der Waals surface area contributed by atoms with Crippen molar-refractivity contribution >= 4 is 11.1 Å². The molecule has 1 aromatic carbocycles. The van der Waals surface area contributed by atoms with E-state index in [0.717, 1.165) is 38.1 Å². The van der Waals surface area contributed by atoms with Crippen molar-refractivity contribution in [1.82, 2.24) is 15.2 Å². The van der Waals surface area contributed by atoms with Gasteiger partial charge in [-0.25, -0.2) is 4.79 Å². The van der Waals surface area contributed by atoms with Crippen molar-refractivity contribution in [3.63, 3.8) is 0 Å². The van der Waals surface area contributed by atoms with Crippen LogP contribution in [0.2, 0.25) is 0 Å². The van der Waals surface area contributed by atoms with Crippen LogP contribution in [0.5, 0.6) is 0 Å². The van der Waals surface area contributed by atoms with Crippen LogP contribution < -0.4 is 16.4 Å². The minimum atomic E-state index is -0.309. The number of nitrogens with zero attached hydrogens (tertiary/aromatic N) is 1. The normalized spacial score (nSPS) is 11.3. The number of benzene rings is 1. The van der Waals surface area contributed by atoms with Gasteiger partial charge in [0.15, 0.2) is 5.58 Å². The van der Waals surface area contributed by atoms with E-state index in [1.807, 2.05) is 18.2 Å². The fraction of sp³-hybridized carbons (Fsp3) is 0.500. The monoisotopic (exact) mass is 263 g/mol. The van der Waals surface area contributed by atoms with Crippen LogP contribution >= 0.6 is 0 Å².